The van der Waals surface area contributed by atoms with Crippen LogP contribution in [-0.4, -0.2) is 28.8 Å². The van der Waals surface area contributed by atoms with Crippen molar-refractivity contribution in [3.63, 3.8) is 0 Å². The fourth-order valence-electron chi connectivity index (χ4n) is 1.90. The van der Waals surface area contributed by atoms with Crippen LogP contribution in [0.1, 0.15) is 5.56 Å². The molecular weight excluding hydrogens is 244 g/mol. The first-order valence-electron chi connectivity index (χ1n) is 5.90. The molecule has 0 aliphatic rings. The molecule has 2 rings (SSSR count). The van der Waals surface area contributed by atoms with Gasteiger partial charge in [-0.25, -0.2) is 0 Å². The predicted octanol–water partition coefficient (Wildman–Crippen LogP) is 1.44. The highest BCUT2D eigenvalue weighted by Gasteiger charge is 2.14. The van der Waals surface area contributed by atoms with E-state index >= 15 is 0 Å². The van der Waals surface area contributed by atoms with E-state index in [0.29, 0.717) is 0 Å². The van der Waals surface area contributed by atoms with Crippen molar-refractivity contribution >= 4 is 5.97 Å². The summed E-state index contributed by atoms with van der Waals surface area (Å²) in [5, 5.41) is 8.84. The van der Waals surface area contributed by atoms with Gasteiger partial charge in [0.25, 0.3) is 0 Å². The molecule has 1 atom stereocenters. The second kappa shape index (κ2) is 5.58. The Hall–Kier alpha value is -2.27. The van der Waals surface area contributed by atoms with Crippen LogP contribution in [0.4, 0.5) is 0 Å². The number of ether oxygens (including phenoxy) is 1. The van der Waals surface area contributed by atoms with Crippen molar-refractivity contribution in [1.82, 2.24) is 4.57 Å². The van der Waals surface area contributed by atoms with E-state index in [9.17, 15) is 4.79 Å². The number of carboxylic acids is 1. The molecule has 5 heteroatoms. The van der Waals surface area contributed by atoms with E-state index < -0.39 is 12.0 Å². The Kier molecular flexibility index (Phi) is 3.87. The molecule has 0 amide bonds. The Labute approximate surface area is 111 Å². The molecule has 100 valence electrons. The maximum atomic E-state index is 10.8. The van der Waals surface area contributed by atoms with Gasteiger partial charge in [-0.3, -0.25) is 4.79 Å². The highest BCUT2D eigenvalue weighted by Crippen LogP contribution is 2.24. The molecule has 0 saturated carbocycles. The fraction of sp³-hybridized carbons (Fsp3) is 0.214. The van der Waals surface area contributed by atoms with Crippen LogP contribution in [-0.2, 0) is 11.2 Å². The van der Waals surface area contributed by atoms with Crippen LogP contribution < -0.4 is 10.5 Å². The highest BCUT2D eigenvalue weighted by atomic mass is 16.5. The molecular formula is C14H16N2O3. The summed E-state index contributed by atoms with van der Waals surface area (Å²) in [6, 6.07) is 8.46. The van der Waals surface area contributed by atoms with Gasteiger partial charge in [-0.15, -0.1) is 0 Å². The maximum Gasteiger partial charge on any atom is 0.320 e. The van der Waals surface area contributed by atoms with Gasteiger partial charge in [0, 0.05) is 12.4 Å². The molecule has 0 spiro atoms. The molecule has 19 heavy (non-hydrogen) atoms. The number of methoxy groups -OCH3 is 1. The Morgan fingerprint density at radius 2 is 2.11 bits per heavy atom. The molecule has 0 saturated heterocycles. The summed E-state index contributed by atoms with van der Waals surface area (Å²) in [5.74, 6) is -0.276. The molecule has 5 nitrogen and oxygen atoms in total. The Bertz CT molecular complexity index is 564. The van der Waals surface area contributed by atoms with Crippen molar-refractivity contribution in [3.8, 4) is 11.4 Å². The Morgan fingerprint density at radius 1 is 1.42 bits per heavy atom. The van der Waals surface area contributed by atoms with Gasteiger partial charge in [-0.1, -0.05) is 6.07 Å². The number of aliphatic carboxylic acids is 1. The summed E-state index contributed by atoms with van der Waals surface area (Å²) in [6.45, 7) is 0. The number of rotatable bonds is 5. The predicted molar refractivity (Wildman–Crippen MR) is 71.6 cm³/mol. The number of nitrogens with two attached hydrogens (primary N) is 1. The Morgan fingerprint density at radius 3 is 2.68 bits per heavy atom. The van der Waals surface area contributed by atoms with Gasteiger partial charge in [0.1, 0.15) is 11.8 Å². The van der Waals surface area contributed by atoms with Gasteiger partial charge in [0.15, 0.2) is 0 Å². The minimum absolute atomic E-state index is 0.285. The number of carbonyl (C=O) groups is 1. The lowest BCUT2D eigenvalue weighted by Gasteiger charge is -2.13. The largest absolute Gasteiger partial charge is 0.495 e. The van der Waals surface area contributed by atoms with E-state index in [1.807, 2.05) is 47.3 Å². The molecule has 0 radical (unpaired) electrons. The Balaban J connectivity index is 2.34. The van der Waals surface area contributed by atoms with Crippen LogP contribution in [0, 0.1) is 0 Å². The monoisotopic (exact) mass is 260 g/mol. The van der Waals surface area contributed by atoms with Crippen molar-refractivity contribution in [2.24, 2.45) is 5.73 Å². The summed E-state index contributed by atoms with van der Waals surface area (Å²) < 4.78 is 7.22. The minimum atomic E-state index is -1.00. The smallest absolute Gasteiger partial charge is 0.320 e. The maximum absolute atomic E-state index is 10.8. The lowest BCUT2D eigenvalue weighted by atomic mass is 10.1. The molecule has 2 aromatic rings. The SMILES string of the molecule is COc1ccc(CC(N)C(=O)O)cc1-n1cccc1. The normalized spacial score (nSPS) is 12.1. The third-order valence-electron chi connectivity index (χ3n) is 2.90. The zero-order valence-corrected chi connectivity index (χ0v) is 10.6. The molecule has 0 bridgehead atoms. The third kappa shape index (κ3) is 2.95. The van der Waals surface area contributed by atoms with Crippen molar-refractivity contribution in [1.29, 1.82) is 0 Å². The number of carboxylic acid groups (broad SMARTS) is 1. The average Bonchev–Trinajstić information content (AvgIpc) is 2.92. The molecule has 0 fully saturated rings. The summed E-state index contributed by atoms with van der Waals surface area (Å²) in [7, 11) is 1.60. The summed E-state index contributed by atoms with van der Waals surface area (Å²) >= 11 is 0. The van der Waals surface area contributed by atoms with Crippen LogP contribution >= 0.6 is 0 Å². The second-order valence-electron chi connectivity index (χ2n) is 4.25. The summed E-state index contributed by atoms with van der Waals surface area (Å²) in [5.41, 5.74) is 7.27. The molecule has 1 aromatic heterocycles. The van der Waals surface area contributed by atoms with E-state index in [4.69, 9.17) is 15.6 Å². The average molecular weight is 260 g/mol. The van der Waals surface area contributed by atoms with Crippen LogP contribution in [0.5, 0.6) is 5.75 Å². The van der Waals surface area contributed by atoms with Crippen molar-refractivity contribution in [3.05, 3.63) is 48.3 Å². The van der Waals surface area contributed by atoms with E-state index in [1.54, 1.807) is 7.11 Å². The number of nitrogens with zero attached hydrogens (tertiary/aromatic N) is 1. The third-order valence-corrected chi connectivity index (χ3v) is 2.90. The van der Waals surface area contributed by atoms with Gasteiger partial charge < -0.3 is 20.1 Å². The first kappa shape index (κ1) is 13.2. The number of benzene rings is 1. The van der Waals surface area contributed by atoms with Crippen LogP contribution in [0.2, 0.25) is 0 Å². The molecule has 1 unspecified atom stereocenters. The van der Waals surface area contributed by atoms with Crippen LogP contribution in [0.3, 0.4) is 0 Å². The van der Waals surface area contributed by atoms with Gasteiger partial charge in [0.05, 0.1) is 12.8 Å². The van der Waals surface area contributed by atoms with E-state index in [0.717, 1.165) is 17.0 Å². The molecule has 0 aliphatic heterocycles. The van der Waals surface area contributed by atoms with Gasteiger partial charge in [-0.05, 0) is 36.2 Å². The molecule has 1 aromatic carbocycles. The lowest BCUT2D eigenvalue weighted by molar-refractivity contribution is -0.138. The number of aromatic nitrogens is 1. The van der Waals surface area contributed by atoms with E-state index in [1.165, 1.54) is 0 Å². The van der Waals surface area contributed by atoms with Crippen molar-refractivity contribution < 1.29 is 14.6 Å². The minimum Gasteiger partial charge on any atom is -0.495 e. The van der Waals surface area contributed by atoms with Crippen molar-refractivity contribution in [2.75, 3.05) is 7.11 Å². The lowest BCUT2D eigenvalue weighted by Crippen LogP contribution is -2.32. The molecule has 0 aliphatic carbocycles. The molecule has 3 N–H and O–H groups in total. The first-order chi connectivity index (χ1) is 9.11. The zero-order chi connectivity index (χ0) is 13.8. The standard InChI is InChI=1S/C14H16N2O3/c1-19-13-5-4-10(8-11(15)14(17)18)9-12(13)16-6-2-3-7-16/h2-7,9,11H,8,15H2,1H3,(H,17,18). The van der Waals surface area contributed by atoms with E-state index in [2.05, 4.69) is 0 Å². The molecule has 1 heterocycles. The van der Waals surface area contributed by atoms with Crippen LogP contribution in [0.25, 0.3) is 5.69 Å². The first-order valence-corrected chi connectivity index (χ1v) is 5.90. The highest BCUT2D eigenvalue weighted by molar-refractivity contribution is 5.73. The summed E-state index contributed by atoms with van der Waals surface area (Å²) in [6.07, 6.45) is 4.09. The zero-order valence-electron chi connectivity index (χ0n) is 10.6. The van der Waals surface area contributed by atoms with Gasteiger partial charge in [0.2, 0.25) is 0 Å². The summed E-state index contributed by atoms with van der Waals surface area (Å²) in [4.78, 5) is 10.8. The van der Waals surface area contributed by atoms with Gasteiger partial charge >= 0.3 is 5.97 Å². The van der Waals surface area contributed by atoms with Crippen molar-refractivity contribution in [2.45, 2.75) is 12.5 Å². The van der Waals surface area contributed by atoms with E-state index in [-0.39, 0.29) is 6.42 Å². The number of hydrogen-bond acceptors (Lipinski definition) is 3. The quantitative estimate of drug-likeness (QED) is 0.852. The number of hydrogen-bond donors (Lipinski definition) is 2. The topological polar surface area (TPSA) is 77.5 Å². The van der Waals surface area contributed by atoms with Gasteiger partial charge in [-0.2, -0.15) is 0 Å². The van der Waals surface area contributed by atoms with Crippen LogP contribution in [0.15, 0.2) is 42.7 Å². The fourth-order valence-corrected chi connectivity index (χ4v) is 1.90. The second-order valence-corrected chi connectivity index (χ2v) is 4.25.